The van der Waals surface area contributed by atoms with Crippen LogP contribution in [0.5, 0.6) is 0 Å². The SMILES string of the molecule is C=C(C(=O)OCC)[C@@H](O)c1ccco1. The van der Waals surface area contributed by atoms with Crippen molar-refractivity contribution in [2.24, 2.45) is 0 Å². The van der Waals surface area contributed by atoms with Crippen molar-refractivity contribution in [3.05, 3.63) is 36.3 Å². The molecule has 1 aromatic rings. The van der Waals surface area contributed by atoms with Crippen LogP contribution >= 0.6 is 0 Å². The van der Waals surface area contributed by atoms with E-state index in [1.165, 1.54) is 6.26 Å². The Bertz CT molecular complexity index is 313. The van der Waals surface area contributed by atoms with E-state index >= 15 is 0 Å². The van der Waals surface area contributed by atoms with Crippen molar-refractivity contribution in [2.45, 2.75) is 13.0 Å². The number of furan rings is 1. The van der Waals surface area contributed by atoms with E-state index in [9.17, 15) is 9.90 Å². The van der Waals surface area contributed by atoms with Crippen LogP contribution in [0.15, 0.2) is 35.0 Å². The fourth-order valence-corrected chi connectivity index (χ4v) is 0.954. The highest BCUT2D eigenvalue weighted by Gasteiger charge is 2.21. The van der Waals surface area contributed by atoms with Gasteiger partial charge in [0.2, 0.25) is 0 Å². The highest BCUT2D eigenvalue weighted by molar-refractivity contribution is 5.88. The highest BCUT2D eigenvalue weighted by Crippen LogP contribution is 2.21. The summed E-state index contributed by atoms with van der Waals surface area (Å²) in [5.74, 6) is -0.334. The van der Waals surface area contributed by atoms with Crippen molar-refractivity contribution in [1.29, 1.82) is 0 Å². The largest absolute Gasteiger partial charge is 0.466 e. The molecule has 4 heteroatoms. The molecule has 76 valence electrons. The molecule has 0 amide bonds. The van der Waals surface area contributed by atoms with Crippen molar-refractivity contribution in [2.75, 3.05) is 6.61 Å². The summed E-state index contributed by atoms with van der Waals surface area (Å²) < 4.78 is 9.61. The number of aliphatic hydroxyl groups is 1. The molecular weight excluding hydrogens is 184 g/mol. The molecule has 0 fully saturated rings. The zero-order valence-corrected chi connectivity index (χ0v) is 7.90. The van der Waals surface area contributed by atoms with E-state index in [1.54, 1.807) is 19.1 Å². The highest BCUT2D eigenvalue weighted by atomic mass is 16.5. The smallest absolute Gasteiger partial charge is 0.336 e. The first-order chi connectivity index (χ1) is 6.66. The van der Waals surface area contributed by atoms with Crippen LogP contribution in [0.1, 0.15) is 18.8 Å². The predicted molar refractivity (Wildman–Crippen MR) is 49.4 cm³/mol. The summed E-state index contributed by atoms with van der Waals surface area (Å²) in [4.78, 5) is 11.2. The van der Waals surface area contributed by atoms with Gasteiger partial charge in [-0.25, -0.2) is 4.79 Å². The average Bonchev–Trinajstić information content (AvgIpc) is 2.68. The number of carbonyl (C=O) groups is 1. The molecule has 1 rings (SSSR count). The third-order valence-corrected chi connectivity index (χ3v) is 1.68. The topological polar surface area (TPSA) is 59.7 Å². The Hall–Kier alpha value is -1.55. The van der Waals surface area contributed by atoms with Crippen LogP contribution in [0.25, 0.3) is 0 Å². The molecule has 0 unspecified atom stereocenters. The fourth-order valence-electron chi connectivity index (χ4n) is 0.954. The Morgan fingerprint density at radius 1 is 1.79 bits per heavy atom. The minimum atomic E-state index is -1.14. The molecule has 14 heavy (non-hydrogen) atoms. The second kappa shape index (κ2) is 4.62. The maximum absolute atomic E-state index is 11.2. The van der Waals surface area contributed by atoms with Crippen LogP contribution in [0.4, 0.5) is 0 Å². The first-order valence-corrected chi connectivity index (χ1v) is 4.24. The van der Waals surface area contributed by atoms with Gasteiger partial charge in [0.15, 0.2) is 0 Å². The molecule has 1 atom stereocenters. The van der Waals surface area contributed by atoms with E-state index in [1.807, 2.05) is 0 Å². The molecule has 0 spiro atoms. The number of aliphatic hydroxyl groups excluding tert-OH is 1. The zero-order chi connectivity index (χ0) is 10.6. The Balaban J connectivity index is 2.66. The summed E-state index contributed by atoms with van der Waals surface area (Å²) >= 11 is 0. The molecular formula is C10H12O4. The molecule has 1 aromatic heterocycles. The first-order valence-electron chi connectivity index (χ1n) is 4.24. The standard InChI is InChI=1S/C10H12O4/c1-3-13-10(12)7(2)9(11)8-5-4-6-14-8/h4-6,9,11H,2-3H2,1H3/t9-/m1/s1. The number of ether oxygens (including phenoxy) is 1. The van der Waals surface area contributed by atoms with Gasteiger partial charge in [0.25, 0.3) is 0 Å². The normalized spacial score (nSPS) is 12.1. The van der Waals surface area contributed by atoms with Crippen molar-refractivity contribution in [1.82, 2.24) is 0 Å². The third-order valence-electron chi connectivity index (χ3n) is 1.68. The minimum Gasteiger partial charge on any atom is -0.466 e. The summed E-state index contributed by atoms with van der Waals surface area (Å²) in [7, 11) is 0. The van der Waals surface area contributed by atoms with Crippen molar-refractivity contribution in [3.8, 4) is 0 Å². The maximum Gasteiger partial charge on any atom is 0.336 e. The summed E-state index contributed by atoms with van der Waals surface area (Å²) in [5.41, 5.74) is -0.0261. The Morgan fingerprint density at radius 3 is 3.00 bits per heavy atom. The van der Waals surface area contributed by atoms with E-state index in [0.717, 1.165) is 0 Å². The molecule has 0 saturated heterocycles. The molecule has 0 bridgehead atoms. The molecule has 4 nitrogen and oxygen atoms in total. The van der Waals surface area contributed by atoms with Crippen LogP contribution in [-0.4, -0.2) is 17.7 Å². The van der Waals surface area contributed by atoms with Gasteiger partial charge < -0.3 is 14.3 Å². The van der Waals surface area contributed by atoms with Crippen LogP contribution in [0.3, 0.4) is 0 Å². The number of esters is 1. The number of hydrogen-bond acceptors (Lipinski definition) is 4. The summed E-state index contributed by atoms with van der Waals surface area (Å²) in [6.07, 6.45) is 0.279. The van der Waals surface area contributed by atoms with E-state index < -0.39 is 12.1 Å². The number of hydrogen-bond donors (Lipinski definition) is 1. The summed E-state index contributed by atoms with van der Waals surface area (Å²) in [6, 6.07) is 3.19. The third kappa shape index (κ3) is 2.23. The number of rotatable bonds is 4. The second-order valence-corrected chi connectivity index (χ2v) is 2.66. The van der Waals surface area contributed by atoms with Gasteiger partial charge in [-0.1, -0.05) is 6.58 Å². The van der Waals surface area contributed by atoms with E-state index in [2.05, 4.69) is 11.3 Å². The fraction of sp³-hybridized carbons (Fsp3) is 0.300. The monoisotopic (exact) mass is 196 g/mol. The van der Waals surface area contributed by atoms with Crippen LogP contribution in [-0.2, 0) is 9.53 Å². The molecule has 0 aliphatic heterocycles. The molecule has 0 aliphatic rings. The van der Waals surface area contributed by atoms with Gasteiger partial charge in [-0.05, 0) is 19.1 Å². The van der Waals surface area contributed by atoms with Gasteiger partial charge in [0, 0.05) is 0 Å². The Kier molecular flexibility index (Phi) is 3.48. The van der Waals surface area contributed by atoms with Crippen molar-refractivity contribution in [3.63, 3.8) is 0 Å². The van der Waals surface area contributed by atoms with E-state index in [0.29, 0.717) is 0 Å². The van der Waals surface area contributed by atoms with E-state index in [4.69, 9.17) is 4.42 Å². The van der Waals surface area contributed by atoms with Crippen molar-refractivity contribution >= 4 is 5.97 Å². The lowest BCUT2D eigenvalue weighted by molar-refractivity contribution is -0.139. The van der Waals surface area contributed by atoms with Gasteiger partial charge in [-0.15, -0.1) is 0 Å². The van der Waals surface area contributed by atoms with Gasteiger partial charge in [0.05, 0.1) is 18.4 Å². The maximum atomic E-state index is 11.2. The lowest BCUT2D eigenvalue weighted by Crippen LogP contribution is -2.13. The van der Waals surface area contributed by atoms with Gasteiger partial charge in [-0.2, -0.15) is 0 Å². The van der Waals surface area contributed by atoms with Crippen LogP contribution in [0, 0.1) is 0 Å². The first kappa shape index (κ1) is 10.5. The molecule has 0 aliphatic carbocycles. The van der Waals surface area contributed by atoms with Gasteiger partial charge in [0.1, 0.15) is 11.9 Å². The zero-order valence-electron chi connectivity index (χ0n) is 7.90. The summed E-state index contributed by atoms with van der Waals surface area (Å²) in [5, 5.41) is 9.58. The summed E-state index contributed by atoms with van der Waals surface area (Å²) in [6.45, 7) is 5.38. The lowest BCUT2D eigenvalue weighted by Gasteiger charge is -2.09. The molecule has 1 N–H and O–H groups in total. The van der Waals surface area contributed by atoms with Gasteiger partial charge >= 0.3 is 5.97 Å². The molecule has 0 aromatic carbocycles. The van der Waals surface area contributed by atoms with Crippen LogP contribution < -0.4 is 0 Å². The second-order valence-electron chi connectivity index (χ2n) is 2.66. The molecule has 0 radical (unpaired) electrons. The predicted octanol–water partition coefficient (Wildman–Crippen LogP) is 1.43. The van der Waals surface area contributed by atoms with Gasteiger partial charge in [-0.3, -0.25) is 0 Å². The molecule has 1 heterocycles. The minimum absolute atomic E-state index is 0.0261. The molecule has 0 saturated carbocycles. The quantitative estimate of drug-likeness (QED) is 0.584. The Morgan fingerprint density at radius 2 is 2.50 bits per heavy atom. The average molecular weight is 196 g/mol. The Labute approximate surface area is 81.8 Å². The number of carbonyl (C=O) groups excluding carboxylic acids is 1. The van der Waals surface area contributed by atoms with E-state index in [-0.39, 0.29) is 17.9 Å². The van der Waals surface area contributed by atoms with Crippen molar-refractivity contribution < 1.29 is 19.1 Å². The lowest BCUT2D eigenvalue weighted by atomic mass is 10.1. The van der Waals surface area contributed by atoms with Crippen LogP contribution in [0.2, 0.25) is 0 Å².